The van der Waals surface area contributed by atoms with E-state index in [1.54, 1.807) is 7.11 Å². The van der Waals surface area contributed by atoms with Gasteiger partial charge in [-0.05, 0) is 24.3 Å². The van der Waals surface area contributed by atoms with Gasteiger partial charge in [0, 0.05) is 18.0 Å². The number of benzene rings is 1. The van der Waals surface area contributed by atoms with Crippen molar-refractivity contribution in [3.63, 3.8) is 0 Å². The Kier molecular flexibility index (Phi) is 4.22. The molecule has 15 heavy (non-hydrogen) atoms. The van der Waals surface area contributed by atoms with E-state index in [0.29, 0.717) is 0 Å². The van der Waals surface area contributed by atoms with Crippen molar-refractivity contribution in [3.8, 4) is 5.75 Å². The van der Waals surface area contributed by atoms with Crippen LogP contribution in [0.5, 0.6) is 5.75 Å². The second kappa shape index (κ2) is 5.70. The summed E-state index contributed by atoms with van der Waals surface area (Å²) >= 11 is 0. The summed E-state index contributed by atoms with van der Waals surface area (Å²) in [6.45, 7) is 0. The lowest BCUT2D eigenvalue weighted by molar-refractivity contribution is -0.134. The fourth-order valence-corrected chi connectivity index (χ4v) is 0.961. The first kappa shape index (κ1) is 11.1. The third-order valence-corrected chi connectivity index (χ3v) is 1.76. The van der Waals surface area contributed by atoms with Crippen LogP contribution in [-0.4, -0.2) is 20.2 Å². The maximum Gasteiger partial charge on any atom is 0.331 e. The molecule has 4 heteroatoms. The van der Waals surface area contributed by atoms with Crippen molar-refractivity contribution in [1.29, 1.82) is 0 Å². The van der Waals surface area contributed by atoms with Crippen LogP contribution in [0.1, 0.15) is 0 Å². The first-order valence-corrected chi connectivity index (χ1v) is 4.41. The minimum Gasteiger partial charge on any atom is -0.497 e. The summed E-state index contributed by atoms with van der Waals surface area (Å²) in [7, 11) is 2.94. The highest BCUT2D eigenvalue weighted by molar-refractivity contribution is 5.82. The van der Waals surface area contributed by atoms with Gasteiger partial charge in [0.1, 0.15) is 5.75 Å². The Balaban J connectivity index is 2.51. The van der Waals surface area contributed by atoms with Crippen LogP contribution in [0.3, 0.4) is 0 Å². The third kappa shape index (κ3) is 3.72. The van der Waals surface area contributed by atoms with E-state index in [-0.39, 0.29) is 0 Å². The van der Waals surface area contributed by atoms with E-state index in [1.807, 2.05) is 24.3 Å². The van der Waals surface area contributed by atoms with Crippen LogP contribution in [0.15, 0.2) is 36.5 Å². The molecule has 4 nitrogen and oxygen atoms in total. The maximum absolute atomic E-state index is 10.7. The van der Waals surface area contributed by atoms with Crippen LogP contribution in [0.25, 0.3) is 0 Å². The van der Waals surface area contributed by atoms with E-state index in [2.05, 4.69) is 10.1 Å². The Morgan fingerprint density at radius 2 is 1.93 bits per heavy atom. The van der Waals surface area contributed by atoms with Crippen LogP contribution < -0.4 is 10.1 Å². The van der Waals surface area contributed by atoms with E-state index in [4.69, 9.17) is 4.74 Å². The molecule has 0 radical (unpaired) electrons. The molecule has 0 fully saturated rings. The van der Waals surface area contributed by atoms with Gasteiger partial charge in [0.15, 0.2) is 0 Å². The molecule has 0 atom stereocenters. The fraction of sp³-hybridized carbons (Fsp3) is 0.182. The quantitative estimate of drug-likeness (QED) is 0.604. The van der Waals surface area contributed by atoms with Crippen LogP contribution in [0.2, 0.25) is 0 Å². The summed E-state index contributed by atoms with van der Waals surface area (Å²) < 4.78 is 9.45. The number of anilines is 1. The lowest BCUT2D eigenvalue weighted by Gasteiger charge is -2.02. The molecule has 0 saturated heterocycles. The number of hydrogen-bond acceptors (Lipinski definition) is 4. The normalized spacial score (nSPS) is 10.0. The van der Waals surface area contributed by atoms with Gasteiger partial charge in [-0.2, -0.15) is 0 Å². The summed E-state index contributed by atoms with van der Waals surface area (Å²) in [5.41, 5.74) is 0.871. The number of methoxy groups -OCH3 is 2. The predicted octanol–water partition coefficient (Wildman–Crippen LogP) is 1.79. The summed E-state index contributed by atoms with van der Waals surface area (Å²) in [5, 5.41) is 2.92. The molecule has 0 aromatic heterocycles. The van der Waals surface area contributed by atoms with Crippen molar-refractivity contribution < 1.29 is 14.3 Å². The zero-order valence-corrected chi connectivity index (χ0v) is 8.69. The number of esters is 1. The number of ether oxygens (including phenoxy) is 2. The molecule has 1 aromatic rings. The first-order chi connectivity index (χ1) is 7.26. The molecule has 80 valence electrons. The molecule has 0 bridgehead atoms. The van der Waals surface area contributed by atoms with Crippen molar-refractivity contribution in [3.05, 3.63) is 36.5 Å². The maximum atomic E-state index is 10.7. The molecular weight excluding hydrogens is 194 g/mol. The van der Waals surface area contributed by atoms with Crippen molar-refractivity contribution in [2.45, 2.75) is 0 Å². The average Bonchev–Trinajstić information content (AvgIpc) is 2.29. The first-order valence-electron chi connectivity index (χ1n) is 4.41. The van der Waals surface area contributed by atoms with Crippen LogP contribution in [-0.2, 0) is 9.53 Å². The van der Waals surface area contributed by atoms with Gasteiger partial charge in [-0.25, -0.2) is 4.79 Å². The lowest BCUT2D eigenvalue weighted by atomic mass is 10.3. The van der Waals surface area contributed by atoms with Crippen molar-refractivity contribution >= 4 is 11.7 Å². The summed E-state index contributed by atoms with van der Waals surface area (Å²) in [6.07, 6.45) is 2.83. The second-order valence-corrected chi connectivity index (χ2v) is 2.73. The van der Waals surface area contributed by atoms with Crippen molar-refractivity contribution in [2.24, 2.45) is 0 Å². The predicted molar refractivity (Wildman–Crippen MR) is 57.8 cm³/mol. The minimum atomic E-state index is -0.393. The number of rotatable bonds is 4. The Morgan fingerprint density at radius 1 is 1.27 bits per heavy atom. The monoisotopic (exact) mass is 207 g/mol. The number of nitrogens with one attached hydrogen (secondary N) is 1. The molecule has 0 heterocycles. The van der Waals surface area contributed by atoms with Gasteiger partial charge in [-0.15, -0.1) is 0 Å². The molecule has 0 aliphatic rings. The number of carbonyl (C=O) groups excluding carboxylic acids is 1. The zero-order chi connectivity index (χ0) is 11.1. The highest BCUT2D eigenvalue weighted by Crippen LogP contribution is 2.14. The number of hydrogen-bond donors (Lipinski definition) is 1. The van der Waals surface area contributed by atoms with Crippen molar-refractivity contribution in [2.75, 3.05) is 19.5 Å². The molecule has 1 N–H and O–H groups in total. The summed E-state index contributed by atoms with van der Waals surface area (Å²) in [6, 6.07) is 7.35. The fourth-order valence-electron chi connectivity index (χ4n) is 0.961. The molecule has 0 aliphatic carbocycles. The summed E-state index contributed by atoms with van der Waals surface area (Å²) in [5.74, 6) is 0.397. The largest absolute Gasteiger partial charge is 0.497 e. The van der Waals surface area contributed by atoms with E-state index >= 15 is 0 Å². The van der Waals surface area contributed by atoms with Crippen LogP contribution in [0, 0.1) is 0 Å². The Hall–Kier alpha value is -1.97. The van der Waals surface area contributed by atoms with Gasteiger partial charge in [0.2, 0.25) is 0 Å². The lowest BCUT2D eigenvalue weighted by Crippen LogP contribution is -1.96. The van der Waals surface area contributed by atoms with E-state index in [9.17, 15) is 4.79 Å². The van der Waals surface area contributed by atoms with E-state index in [0.717, 1.165) is 11.4 Å². The highest BCUT2D eigenvalue weighted by Gasteiger charge is 1.92. The summed E-state index contributed by atoms with van der Waals surface area (Å²) in [4.78, 5) is 10.7. The molecule has 0 aliphatic heterocycles. The Labute approximate surface area is 88.5 Å². The SMILES string of the molecule is COC(=O)/C=C\Nc1ccc(OC)cc1. The van der Waals surface area contributed by atoms with Gasteiger partial charge in [0.05, 0.1) is 14.2 Å². The standard InChI is InChI=1S/C11H13NO3/c1-14-10-5-3-9(4-6-10)12-8-7-11(13)15-2/h3-8,12H,1-2H3/b8-7-. The van der Waals surface area contributed by atoms with Gasteiger partial charge < -0.3 is 14.8 Å². The zero-order valence-electron chi connectivity index (χ0n) is 8.69. The molecule has 0 saturated carbocycles. The molecular formula is C11H13NO3. The minimum absolute atomic E-state index is 0.393. The molecule has 0 amide bonds. The molecule has 0 unspecified atom stereocenters. The van der Waals surface area contributed by atoms with E-state index < -0.39 is 5.97 Å². The second-order valence-electron chi connectivity index (χ2n) is 2.73. The topological polar surface area (TPSA) is 47.6 Å². The Bertz CT molecular complexity index is 343. The molecule has 0 spiro atoms. The van der Waals surface area contributed by atoms with Crippen LogP contribution in [0.4, 0.5) is 5.69 Å². The molecule has 1 rings (SSSR count). The van der Waals surface area contributed by atoms with E-state index in [1.165, 1.54) is 19.4 Å². The molecule has 1 aromatic carbocycles. The van der Waals surface area contributed by atoms with Crippen molar-refractivity contribution in [1.82, 2.24) is 0 Å². The highest BCUT2D eigenvalue weighted by atomic mass is 16.5. The van der Waals surface area contributed by atoms with Gasteiger partial charge >= 0.3 is 5.97 Å². The number of carbonyl (C=O) groups is 1. The van der Waals surface area contributed by atoms with Crippen LogP contribution >= 0.6 is 0 Å². The Morgan fingerprint density at radius 3 is 2.47 bits per heavy atom. The van der Waals surface area contributed by atoms with Gasteiger partial charge in [-0.3, -0.25) is 0 Å². The van der Waals surface area contributed by atoms with Gasteiger partial charge in [0.25, 0.3) is 0 Å². The average molecular weight is 207 g/mol. The smallest absolute Gasteiger partial charge is 0.331 e. The van der Waals surface area contributed by atoms with Gasteiger partial charge in [-0.1, -0.05) is 0 Å². The third-order valence-electron chi connectivity index (χ3n) is 1.76.